The molecule has 0 spiro atoms. The Morgan fingerprint density at radius 2 is 0.538 bits per heavy atom. The second-order valence-electron chi connectivity index (χ2n) is 2.51. The van der Waals surface area contributed by atoms with Crippen LogP contribution < -0.4 is 15.3 Å². The summed E-state index contributed by atoms with van der Waals surface area (Å²) in [6.07, 6.45) is 0. The van der Waals surface area contributed by atoms with Crippen molar-refractivity contribution >= 4 is 29.8 Å². The van der Waals surface area contributed by atoms with Gasteiger partial charge in [0.05, 0.1) is 0 Å². The summed E-state index contributed by atoms with van der Waals surface area (Å²) in [5.41, 5.74) is 0. The molecule has 0 aromatic carbocycles. The van der Waals surface area contributed by atoms with Gasteiger partial charge in [-0.3, -0.25) is 9.59 Å². The normalized spacial score (nSPS) is 4.81. The molecule has 0 aliphatic heterocycles. The number of rotatable bonds is 0. The molecular formula is C10H20Fe3O13. The van der Waals surface area contributed by atoms with Crippen molar-refractivity contribution in [2.75, 3.05) is 0 Å². The minimum absolute atomic E-state index is 0. The smallest absolute Gasteiger partial charge is 0.870 e. The first kappa shape index (κ1) is 73.8. The van der Waals surface area contributed by atoms with Gasteiger partial charge in [0, 0.05) is 48.8 Å². The minimum atomic E-state index is -1.08. The average molecular weight is 516 g/mol. The summed E-state index contributed by atoms with van der Waals surface area (Å²) in [7, 11) is 0. The zero-order valence-electron chi connectivity index (χ0n) is 14.1. The molecule has 0 aromatic rings. The van der Waals surface area contributed by atoms with Crippen molar-refractivity contribution in [1.82, 2.24) is 0 Å². The zero-order chi connectivity index (χ0) is 17.9. The maximum atomic E-state index is 9.00. The SMILES string of the molecule is CC(=O)O.CC(=O)O.CC(=O)[O-].CC(=O)[O-].CC(=O)[O-].[Fe+3].[Fe+3].[Fe].[OH-].[OH-].[OH-]. The molecule has 0 rings (SSSR count). The van der Waals surface area contributed by atoms with Gasteiger partial charge in [-0.05, 0) is 20.8 Å². The van der Waals surface area contributed by atoms with E-state index >= 15 is 0 Å². The standard InChI is InChI=1S/5C2H4O2.3Fe.3H2O/c5*1-2(3)4;;;;;;/h5*1H3,(H,3,4);;;;3*1H2/q;;;;;;2*+3;;;/p-6. The summed E-state index contributed by atoms with van der Waals surface area (Å²) in [6, 6.07) is 0. The molecule has 0 aliphatic carbocycles. The molecular weight excluding hydrogens is 496 g/mol. The van der Waals surface area contributed by atoms with Gasteiger partial charge in [-0.2, -0.15) is 0 Å². The van der Waals surface area contributed by atoms with E-state index in [2.05, 4.69) is 0 Å². The number of carboxylic acids is 5. The molecule has 0 amide bonds. The maximum absolute atomic E-state index is 9.00. The molecule has 0 bridgehead atoms. The Bertz CT molecular complexity index is 221. The van der Waals surface area contributed by atoms with E-state index in [0.29, 0.717) is 0 Å². The molecule has 0 atom stereocenters. The van der Waals surface area contributed by atoms with Crippen LogP contribution in [0.2, 0.25) is 0 Å². The van der Waals surface area contributed by atoms with Crippen LogP contribution in [0.15, 0.2) is 0 Å². The summed E-state index contributed by atoms with van der Waals surface area (Å²) >= 11 is 0. The second kappa shape index (κ2) is 65.0. The maximum Gasteiger partial charge on any atom is 3.00 e. The van der Waals surface area contributed by atoms with Crippen LogP contribution in [0.5, 0.6) is 0 Å². The van der Waals surface area contributed by atoms with E-state index in [1.54, 1.807) is 0 Å². The van der Waals surface area contributed by atoms with Crippen LogP contribution in [0.25, 0.3) is 0 Å². The Labute approximate surface area is 181 Å². The molecule has 0 fully saturated rings. The van der Waals surface area contributed by atoms with Gasteiger partial charge in [0.2, 0.25) is 0 Å². The molecule has 0 saturated carbocycles. The fourth-order valence-corrected chi connectivity index (χ4v) is 0. The molecule has 2 radical (unpaired) electrons. The Balaban J connectivity index is -0.0000000114. The van der Waals surface area contributed by atoms with E-state index in [-0.39, 0.29) is 67.6 Å². The van der Waals surface area contributed by atoms with E-state index in [0.717, 1.165) is 34.6 Å². The molecule has 162 valence electrons. The number of hydrogen-bond donors (Lipinski definition) is 2. The number of carbonyl (C=O) groups is 5. The third-order valence-corrected chi connectivity index (χ3v) is 0. The molecule has 0 aromatic heterocycles. The van der Waals surface area contributed by atoms with E-state index in [4.69, 9.17) is 49.5 Å². The average Bonchev–Trinajstić information content (AvgIpc) is 1.94. The van der Waals surface area contributed by atoms with Gasteiger partial charge in [-0.15, -0.1) is 0 Å². The van der Waals surface area contributed by atoms with Crippen molar-refractivity contribution in [3.05, 3.63) is 0 Å². The summed E-state index contributed by atoms with van der Waals surface area (Å²) in [5, 5.41) is 41.5. The third kappa shape index (κ3) is 7370. The zero-order valence-corrected chi connectivity index (χ0v) is 17.4. The molecule has 5 N–H and O–H groups in total. The fraction of sp³-hybridized carbons (Fsp3) is 0.500. The summed E-state index contributed by atoms with van der Waals surface area (Å²) in [5.74, 6) is -4.92. The summed E-state index contributed by atoms with van der Waals surface area (Å²) < 4.78 is 0. The first-order valence-electron chi connectivity index (χ1n) is 4.58. The Kier molecular flexibility index (Phi) is 184. The first-order valence-corrected chi connectivity index (χ1v) is 4.58. The van der Waals surface area contributed by atoms with Gasteiger partial charge >= 0.3 is 34.1 Å². The number of carboxylic acid groups (broad SMARTS) is 5. The Hall–Kier alpha value is -1.21. The number of aliphatic carboxylic acids is 5. The van der Waals surface area contributed by atoms with Gasteiger partial charge in [-0.25, -0.2) is 0 Å². The summed E-state index contributed by atoms with van der Waals surface area (Å²) in [6.45, 7) is 5.08. The fourth-order valence-electron chi connectivity index (χ4n) is 0. The Morgan fingerprint density at radius 3 is 0.538 bits per heavy atom. The van der Waals surface area contributed by atoms with Crippen LogP contribution in [0, 0.1) is 0 Å². The Morgan fingerprint density at radius 1 is 0.538 bits per heavy atom. The molecule has 16 heteroatoms. The van der Waals surface area contributed by atoms with E-state index in [1.807, 2.05) is 0 Å². The largest absolute Gasteiger partial charge is 3.00 e. The van der Waals surface area contributed by atoms with E-state index in [9.17, 15) is 0 Å². The van der Waals surface area contributed by atoms with Crippen molar-refractivity contribution in [2.45, 2.75) is 34.6 Å². The predicted octanol–water partition coefficient (Wildman–Crippen LogP) is -4.09. The topological polar surface area (TPSA) is 285 Å². The monoisotopic (exact) mass is 516 g/mol. The number of hydrogen-bond acceptors (Lipinski definition) is 11. The van der Waals surface area contributed by atoms with Gasteiger partial charge in [0.15, 0.2) is 0 Å². The molecule has 0 saturated heterocycles. The number of carbonyl (C=O) groups excluding carboxylic acids is 3. The van der Waals surface area contributed by atoms with Gasteiger partial charge < -0.3 is 56.3 Å². The van der Waals surface area contributed by atoms with Crippen LogP contribution in [0.4, 0.5) is 0 Å². The van der Waals surface area contributed by atoms with Crippen LogP contribution in [-0.2, 0) is 75.2 Å². The molecule has 13 nitrogen and oxygen atoms in total. The van der Waals surface area contributed by atoms with E-state index in [1.165, 1.54) is 0 Å². The van der Waals surface area contributed by atoms with Crippen LogP contribution in [-0.4, -0.2) is 56.5 Å². The van der Waals surface area contributed by atoms with Crippen LogP contribution in [0.3, 0.4) is 0 Å². The van der Waals surface area contributed by atoms with Gasteiger partial charge in [0.25, 0.3) is 11.9 Å². The molecule has 0 aliphatic rings. The van der Waals surface area contributed by atoms with Crippen molar-refractivity contribution < 1.29 is 117 Å². The molecule has 26 heavy (non-hydrogen) atoms. The third-order valence-electron chi connectivity index (χ3n) is 0. The second-order valence-corrected chi connectivity index (χ2v) is 2.51. The predicted molar refractivity (Wildman–Crippen MR) is 64.5 cm³/mol. The van der Waals surface area contributed by atoms with Crippen molar-refractivity contribution in [3.8, 4) is 0 Å². The van der Waals surface area contributed by atoms with Gasteiger partial charge in [-0.1, -0.05) is 0 Å². The molecule has 0 heterocycles. The summed E-state index contributed by atoms with van der Waals surface area (Å²) in [4.78, 5) is 44.7. The van der Waals surface area contributed by atoms with Crippen molar-refractivity contribution in [1.29, 1.82) is 0 Å². The quantitative estimate of drug-likeness (QED) is 0.290. The first-order chi connectivity index (χ1) is 8.66. The minimum Gasteiger partial charge on any atom is -0.870 e. The van der Waals surface area contributed by atoms with Crippen molar-refractivity contribution in [2.24, 2.45) is 0 Å². The van der Waals surface area contributed by atoms with Crippen molar-refractivity contribution in [3.63, 3.8) is 0 Å². The van der Waals surface area contributed by atoms with Gasteiger partial charge in [0.1, 0.15) is 0 Å². The molecule has 0 unspecified atom stereocenters. The van der Waals surface area contributed by atoms with Crippen LogP contribution >= 0.6 is 0 Å². The van der Waals surface area contributed by atoms with E-state index < -0.39 is 29.8 Å². The van der Waals surface area contributed by atoms with Crippen LogP contribution in [0.1, 0.15) is 34.6 Å².